The summed E-state index contributed by atoms with van der Waals surface area (Å²) >= 11 is 0. The summed E-state index contributed by atoms with van der Waals surface area (Å²) in [5, 5.41) is 9.41. The van der Waals surface area contributed by atoms with Crippen molar-refractivity contribution in [2.75, 3.05) is 29.4 Å². The van der Waals surface area contributed by atoms with Crippen LogP contribution in [0.15, 0.2) is 42.6 Å². The molecule has 140 valence electrons. The number of hydrogen-bond acceptors (Lipinski definition) is 4. The molecule has 0 spiro atoms. The van der Waals surface area contributed by atoms with Crippen LogP contribution in [0.3, 0.4) is 0 Å². The number of pyridine rings is 1. The van der Waals surface area contributed by atoms with Crippen LogP contribution in [0.1, 0.15) is 24.0 Å². The van der Waals surface area contributed by atoms with E-state index in [9.17, 15) is 18.4 Å². The average molecular weight is 372 g/mol. The number of fused-ring (bicyclic) bond motifs is 1. The highest BCUT2D eigenvalue weighted by atomic mass is 19.4. The van der Waals surface area contributed by atoms with Gasteiger partial charge in [0.25, 0.3) is 0 Å². The number of anilines is 2. The number of para-hydroxylation sites is 1. The van der Waals surface area contributed by atoms with E-state index >= 15 is 0 Å². The molecule has 27 heavy (non-hydrogen) atoms. The number of halogens is 3. The van der Waals surface area contributed by atoms with Crippen LogP contribution in [0.4, 0.5) is 24.7 Å². The van der Waals surface area contributed by atoms with E-state index in [1.54, 1.807) is 11.0 Å². The Labute approximate surface area is 155 Å². The van der Waals surface area contributed by atoms with Gasteiger partial charge >= 0.3 is 6.18 Å². The van der Waals surface area contributed by atoms with Crippen molar-refractivity contribution in [2.45, 2.75) is 25.1 Å². The molecule has 0 N–H and O–H groups in total. The standard InChI is InChI=1S/C20H19F3N4/c21-20(22,23)16-5-3-9-25-19(16)26-10-7-14-8-11-27(18(14)13-26)17-6-2-1-4-15(17)12-24/h1-6,9,14,18H,7-8,10-11,13H2. The fraction of sp³-hybridized carbons (Fsp3) is 0.400. The zero-order valence-corrected chi connectivity index (χ0v) is 14.7. The Morgan fingerprint density at radius 2 is 1.85 bits per heavy atom. The van der Waals surface area contributed by atoms with Crippen molar-refractivity contribution in [3.63, 3.8) is 0 Å². The predicted molar refractivity (Wildman–Crippen MR) is 96.5 cm³/mol. The highest BCUT2D eigenvalue weighted by Crippen LogP contribution is 2.40. The van der Waals surface area contributed by atoms with Crippen molar-refractivity contribution in [1.29, 1.82) is 5.26 Å². The lowest BCUT2D eigenvalue weighted by molar-refractivity contribution is -0.137. The van der Waals surface area contributed by atoms with Gasteiger partial charge in [-0.3, -0.25) is 0 Å². The van der Waals surface area contributed by atoms with Crippen LogP contribution in [-0.4, -0.2) is 30.7 Å². The zero-order valence-electron chi connectivity index (χ0n) is 14.7. The third kappa shape index (κ3) is 3.20. The van der Waals surface area contributed by atoms with Crippen molar-refractivity contribution in [3.8, 4) is 6.07 Å². The molecule has 0 aliphatic carbocycles. The van der Waals surface area contributed by atoms with Crippen molar-refractivity contribution >= 4 is 11.5 Å². The monoisotopic (exact) mass is 372 g/mol. The summed E-state index contributed by atoms with van der Waals surface area (Å²) in [5.41, 5.74) is 0.779. The van der Waals surface area contributed by atoms with E-state index < -0.39 is 11.7 Å². The molecule has 0 saturated carbocycles. The van der Waals surface area contributed by atoms with Gasteiger partial charge in [-0.2, -0.15) is 18.4 Å². The maximum atomic E-state index is 13.4. The van der Waals surface area contributed by atoms with Crippen LogP contribution in [-0.2, 0) is 6.18 Å². The molecule has 4 nitrogen and oxygen atoms in total. The molecule has 2 aliphatic heterocycles. The fourth-order valence-electron chi connectivity index (χ4n) is 4.32. The third-order valence-corrected chi connectivity index (χ3v) is 5.59. The fourth-order valence-corrected chi connectivity index (χ4v) is 4.32. The maximum absolute atomic E-state index is 13.4. The predicted octanol–water partition coefficient (Wildman–Crippen LogP) is 4.08. The second kappa shape index (κ2) is 6.76. The number of nitrogens with zero attached hydrogens (tertiary/aromatic N) is 4. The van der Waals surface area contributed by atoms with Crippen LogP contribution in [0.2, 0.25) is 0 Å². The summed E-state index contributed by atoms with van der Waals surface area (Å²) in [4.78, 5) is 7.98. The van der Waals surface area contributed by atoms with E-state index in [0.29, 0.717) is 24.6 Å². The molecular weight excluding hydrogens is 353 g/mol. The van der Waals surface area contributed by atoms with Gasteiger partial charge in [0.1, 0.15) is 11.9 Å². The van der Waals surface area contributed by atoms with Crippen LogP contribution in [0.25, 0.3) is 0 Å². The normalized spacial score (nSPS) is 22.4. The SMILES string of the molecule is N#Cc1ccccc1N1CCC2CCN(c3ncccc3C(F)(F)F)CC21. The molecule has 1 aromatic heterocycles. The van der Waals surface area contributed by atoms with Crippen molar-refractivity contribution in [1.82, 2.24) is 4.98 Å². The summed E-state index contributed by atoms with van der Waals surface area (Å²) in [5.74, 6) is 0.426. The lowest BCUT2D eigenvalue weighted by atomic mass is 9.91. The molecule has 2 saturated heterocycles. The first-order valence-electron chi connectivity index (χ1n) is 9.02. The van der Waals surface area contributed by atoms with Gasteiger partial charge < -0.3 is 9.80 Å². The van der Waals surface area contributed by atoms with E-state index in [-0.39, 0.29) is 11.9 Å². The molecule has 0 bridgehead atoms. The highest BCUT2D eigenvalue weighted by Gasteiger charge is 2.42. The number of aromatic nitrogens is 1. The van der Waals surface area contributed by atoms with Gasteiger partial charge in [-0.05, 0) is 43.0 Å². The first-order valence-corrected chi connectivity index (χ1v) is 9.02. The van der Waals surface area contributed by atoms with Gasteiger partial charge in [-0.15, -0.1) is 0 Å². The van der Waals surface area contributed by atoms with E-state index in [0.717, 1.165) is 31.1 Å². The summed E-state index contributed by atoms with van der Waals surface area (Å²) in [6.45, 7) is 1.86. The topological polar surface area (TPSA) is 43.2 Å². The van der Waals surface area contributed by atoms with Crippen LogP contribution in [0.5, 0.6) is 0 Å². The molecule has 2 unspecified atom stereocenters. The van der Waals surface area contributed by atoms with Gasteiger partial charge in [0, 0.05) is 31.9 Å². The van der Waals surface area contributed by atoms with Crippen LogP contribution in [0, 0.1) is 17.2 Å². The average Bonchev–Trinajstić information content (AvgIpc) is 3.10. The molecule has 2 aromatic rings. The number of piperidine rings is 1. The quantitative estimate of drug-likeness (QED) is 0.797. The Bertz CT molecular complexity index is 874. The Kier molecular flexibility index (Phi) is 4.42. The molecule has 3 heterocycles. The van der Waals surface area contributed by atoms with E-state index in [1.165, 1.54) is 12.3 Å². The summed E-state index contributed by atoms with van der Waals surface area (Å²) in [6, 6.07) is 12.1. The second-order valence-electron chi connectivity index (χ2n) is 7.05. The largest absolute Gasteiger partial charge is 0.419 e. The number of nitriles is 1. The minimum absolute atomic E-state index is 0.00358. The van der Waals surface area contributed by atoms with E-state index in [4.69, 9.17) is 0 Å². The lowest BCUT2D eigenvalue weighted by Gasteiger charge is -2.40. The summed E-state index contributed by atoms with van der Waals surface area (Å²) in [6.07, 6.45) is -1.20. The first kappa shape index (κ1) is 17.7. The van der Waals surface area contributed by atoms with Gasteiger partial charge in [-0.25, -0.2) is 4.98 Å². The Balaban J connectivity index is 1.64. The van der Waals surface area contributed by atoms with Crippen LogP contribution >= 0.6 is 0 Å². The molecule has 7 heteroatoms. The smallest absolute Gasteiger partial charge is 0.365 e. The second-order valence-corrected chi connectivity index (χ2v) is 7.05. The molecular formula is C20H19F3N4. The Morgan fingerprint density at radius 1 is 1.07 bits per heavy atom. The molecule has 1 aromatic carbocycles. The number of benzene rings is 1. The summed E-state index contributed by atoms with van der Waals surface area (Å²) in [7, 11) is 0. The molecule has 4 rings (SSSR count). The Morgan fingerprint density at radius 3 is 2.63 bits per heavy atom. The lowest BCUT2D eigenvalue weighted by Crippen LogP contribution is -2.49. The highest BCUT2D eigenvalue weighted by molar-refractivity contribution is 5.61. The van der Waals surface area contributed by atoms with Gasteiger partial charge in [0.15, 0.2) is 0 Å². The van der Waals surface area contributed by atoms with Gasteiger partial charge in [-0.1, -0.05) is 12.1 Å². The molecule has 2 atom stereocenters. The molecule has 2 aliphatic rings. The number of alkyl halides is 3. The van der Waals surface area contributed by atoms with Crippen molar-refractivity contribution in [2.24, 2.45) is 5.92 Å². The maximum Gasteiger partial charge on any atom is 0.419 e. The minimum Gasteiger partial charge on any atom is -0.365 e. The van der Waals surface area contributed by atoms with E-state index in [1.807, 2.05) is 18.2 Å². The molecule has 0 amide bonds. The van der Waals surface area contributed by atoms with Crippen molar-refractivity contribution < 1.29 is 13.2 Å². The first-order chi connectivity index (χ1) is 13.0. The summed E-state index contributed by atoms with van der Waals surface area (Å²) < 4.78 is 40.2. The number of hydrogen-bond donors (Lipinski definition) is 0. The van der Waals surface area contributed by atoms with Gasteiger partial charge in [0.05, 0.1) is 16.8 Å². The zero-order chi connectivity index (χ0) is 19.0. The molecule has 2 fully saturated rings. The van der Waals surface area contributed by atoms with E-state index in [2.05, 4.69) is 16.0 Å². The van der Waals surface area contributed by atoms with Gasteiger partial charge in [0.2, 0.25) is 0 Å². The number of rotatable bonds is 2. The minimum atomic E-state index is -4.43. The van der Waals surface area contributed by atoms with Crippen LogP contribution < -0.4 is 9.80 Å². The van der Waals surface area contributed by atoms with Crippen molar-refractivity contribution in [3.05, 3.63) is 53.7 Å². The molecule has 0 radical (unpaired) electrons. The third-order valence-electron chi connectivity index (χ3n) is 5.59. The Hall–Kier alpha value is -2.75.